The number of ether oxygens (including phenoxy) is 1. The van der Waals surface area contributed by atoms with Gasteiger partial charge in [0.2, 0.25) is 0 Å². The molecule has 4 heteroatoms. The minimum atomic E-state index is -0.920. The van der Waals surface area contributed by atoms with Crippen LogP contribution in [0.2, 0.25) is 0 Å². The number of carbonyl (C=O) groups excluding carboxylic acids is 2. The molecule has 0 fully saturated rings. The van der Waals surface area contributed by atoms with Crippen LogP contribution in [0.3, 0.4) is 0 Å². The minimum Gasteiger partial charge on any atom is -0.375 e. The molecule has 0 aliphatic rings. The van der Waals surface area contributed by atoms with Gasteiger partial charge in [-0.1, -0.05) is 19.8 Å². The summed E-state index contributed by atoms with van der Waals surface area (Å²) in [6.07, 6.45) is 2.09. The summed E-state index contributed by atoms with van der Waals surface area (Å²) in [5.41, 5.74) is 0. The van der Waals surface area contributed by atoms with E-state index in [1.807, 2.05) is 6.92 Å². The van der Waals surface area contributed by atoms with Crippen LogP contribution in [-0.2, 0) is 9.53 Å². The zero-order valence-electron chi connectivity index (χ0n) is 7.21. The van der Waals surface area contributed by atoms with E-state index in [1.54, 1.807) is 0 Å². The van der Waals surface area contributed by atoms with Crippen LogP contribution in [0.15, 0.2) is 4.99 Å². The summed E-state index contributed by atoms with van der Waals surface area (Å²) in [5.74, 6) is -0.527. The first kappa shape index (κ1) is 10.8. The van der Waals surface area contributed by atoms with E-state index in [1.165, 1.54) is 0 Å². The molecular formula is C8H13NO3. The van der Waals surface area contributed by atoms with Crippen molar-refractivity contribution in [3.8, 4) is 0 Å². The average molecular weight is 171 g/mol. The van der Waals surface area contributed by atoms with E-state index in [9.17, 15) is 9.59 Å². The minimum absolute atomic E-state index is 0.273. The van der Waals surface area contributed by atoms with E-state index in [2.05, 4.69) is 16.4 Å². The Kier molecular flexibility index (Phi) is 5.87. The van der Waals surface area contributed by atoms with Gasteiger partial charge in [0.05, 0.1) is 0 Å². The molecular weight excluding hydrogens is 158 g/mol. The molecule has 0 aliphatic heterocycles. The zero-order valence-corrected chi connectivity index (χ0v) is 7.21. The molecule has 68 valence electrons. The van der Waals surface area contributed by atoms with Gasteiger partial charge in [-0.25, -0.2) is 4.79 Å². The summed E-state index contributed by atoms with van der Waals surface area (Å²) in [5, 5.41) is 0. The first-order chi connectivity index (χ1) is 5.70. The molecule has 0 saturated heterocycles. The lowest BCUT2D eigenvalue weighted by Crippen LogP contribution is -2.07. The number of unbranched alkanes of at least 4 members (excludes halogenated alkanes) is 2. The number of esters is 1. The largest absolute Gasteiger partial charge is 0.440 e. The molecule has 0 aliphatic carbocycles. The van der Waals surface area contributed by atoms with Crippen molar-refractivity contribution in [1.82, 2.24) is 0 Å². The third-order valence-corrected chi connectivity index (χ3v) is 1.31. The van der Waals surface area contributed by atoms with E-state index in [0.717, 1.165) is 19.3 Å². The molecule has 0 aromatic rings. The van der Waals surface area contributed by atoms with Gasteiger partial charge in [0.1, 0.15) is 0 Å². The van der Waals surface area contributed by atoms with Crippen LogP contribution in [0.4, 0.5) is 4.79 Å². The van der Waals surface area contributed by atoms with Crippen LogP contribution < -0.4 is 0 Å². The van der Waals surface area contributed by atoms with Crippen LogP contribution in [0.5, 0.6) is 0 Å². The van der Waals surface area contributed by atoms with Crippen LogP contribution in [0.1, 0.15) is 32.6 Å². The van der Waals surface area contributed by atoms with Crippen molar-refractivity contribution in [3.05, 3.63) is 0 Å². The predicted octanol–water partition coefficient (Wildman–Crippen LogP) is 1.93. The van der Waals surface area contributed by atoms with Gasteiger partial charge in [0.15, 0.2) is 0 Å². The van der Waals surface area contributed by atoms with Gasteiger partial charge in [0, 0.05) is 6.42 Å². The molecule has 4 nitrogen and oxygen atoms in total. The second-order valence-electron chi connectivity index (χ2n) is 2.36. The lowest BCUT2D eigenvalue weighted by molar-refractivity contribution is -0.137. The zero-order chi connectivity index (χ0) is 9.40. The second-order valence-corrected chi connectivity index (χ2v) is 2.36. The number of hydrogen-bond acceptors (Lipinski definition) is 3. The average Bonchev–Trinajstić information content (AvgIpc) is 2.05. The molecule has 0 aromatic carbocycles. The number of amides is 1. The molecule has 0 heterocycles. The van der Waals surface area contributed by atoms with Gasteiger partial charge in [-0.15, -0.1) is 0 Å². The third kappa shape index (κ3) is 5.58. The molecule has 0 radical (unpaired) electrons. The molecule has 1 amide bonds. The Morgan fingerprint density at radius 2 is 2.08 bits per heavy atom. The van der Waals surface area contributed by atoms with Gasteiger partial charge < -0.3 is 4.74 Å². The topological polar surface area (TPSA) is 55.7 Å². The van der Waals surface area contributed by atoms with Crippen molar-refractivity contribution < 1.29 is 14.3 Å². The van der Waals surface area contributed by atoms with Gasteiger partial charge >= 0.3 is 12.1 Å². The van der Waals surface area contributed by atoms with Crippen molar-refractivity contribution in [3.63, 3.8) is 0 Å². The molecule has 0 atom stereocenters. The normalized spacial score (nSPS) is 9.08. The highest BCUT2D eigenvalue weighted by Crippen LogP contribution is 2.00. The molecule has 0 N–H and O–H groups in total. The molecule has 0 spiro atoms. The predicted molar refractivity (Wildman–Crippen MR) is 45.2 cm³/mol. The number of carbonyl (C=O) groups is 2. The summed E-state index contributed by atoms with van der Waals surface area (Å²) in [6, 6.07) is 0. The molecule has 0 unspecified atom stereocenters. The van der Waals surface area contributed by atoms with E-state index in [-0.39, 0.29) is 6.42 Å². The Labute approximate surface area is 71.6 Å². The molecule has 0 bridgehead atoms. The fraction of sp³-hybridized carbons (Fsp3) is 0.625. The summed E-state index contributed by atoms with van der Waals surface area (Å²) in [6.45, 7) is 4.96. The van der Waals surface area contributed by atoms with Gasteiger partial charge in [0.25, 0.3) is 0 Å². The smallest absolute Gasteiger partial charge is 0.375 e. The van der Waals surface area contributed by atoms with Gasteiger partial charge in [-0.05, 0) is 13.1 Å². The summed E-state index contributed by atoms with van der Waals surface area (Å²) < 4.78 is 4.24. The maximum absolute atomic E-state index is 10.8. The summed E-state index contributed by atoms with van der Waals surface area (Å²) in [4.78, 5) is 24.1. The number of nitrogens with zero attached hydrogens (tertiary/aromatic N) is 1. The summed E-state index contributed by atoms with van der Waals surface area (Å²) in [7, 11) is 0. The third-order valence-electron chi connectivity index (χ3n) is 1.31. The number of hydrogen-bond donors (Lipinski definition) is 0. The Bertz CT molecular complexity index is 177. The van der Waals surface area contributed by atoms with Crippen molar-refractivity contribution >= 4 is 18.8 Å². The number of aliphatic imine (C=N–C) groups is 1. The second kappa shape index (κ2) is 6.52. The van der Waals surface area contributed by atoms with Gasteiger partial charge in [-0.3, -0.25) is 4.79 Å². The van der Waals surface area contributed by atoms with E-state index >= 15 is 0 Å². The highest BCUT2D eigenvalue weighted by atomic mass is 16.6. The summed E-state index contributed by atoms with van der Waals surface area (Å²) >= 11 is 0. The highest BCUT2D eigenvalue weighted by molar-refractivity contribution is 5.86. The van der Waals surface area contributed by atoms with Crippen molar-refractivity contribution in [2.24, 2.45) is 4.99 Å². The first-order valence-corrected chi connectivity index (χ1v) is 3.92. The molecule has 0 saturated carbocycles. The van der Waals surface area contributed by atoms with Crippen LogP contribution in [-0.4, -0.2) is 18.8 Å². The van der Waals surface area contributed by atoms with Crippen molar-refractivity contribution in [1.29, 1.82) is 0 Å². The Morgan fingerprint density at radius 1 is 1.42 bits per heavy atom. The quantitative estimate of drug-likeness (QED) is 0.281. The Hall–Kier alpha value is -1.19. The maximum atomic E-state index is 10.8. The maximum Gasteiger partial charge on any atom is 0.440 e. The van der Waals surface area contributed by atoms with Crippen LogP contribution in [0.25, 0.3) is 0 Å². The Balaban J connectivity index is 3.46. The number of rotatable bonds is 4. The van der Waals surface area contributed by atoms with E-state index < -0.39 is 12.1 Å². The van der Waals surface area contributed by atoms with Crippen LogP contribution >= 0.6 is 0 Å². The fourth-order valence-corrected chi connectivity index (χ4v) is 0.700. The van der Waals surface area contributed by atoms with Crippen LogP contribution in [0, 0.1) is 0 Å². The fourth-order valence-electron chi connectivity index (χ4n) is 0.700. The standard InChI is InChI=1S/C8H13NO3/c1-3-4-5-6-7(10)12-8(11)9-2/h2-6H2,1H3. The lowest BCUT2D eigenvalue weighted by atomic mass is 10.2. The molecule has 0 rings (SSSR count). The Morgan fingerprint density at radius 3 is 2.58 bits per heavy atom. The monoisotopic (exact) mass is 171 g/mol. The van der Waals surface area contributed by atoms with Crippen molar-refractivity contribution in [2.75, 3.05) is 0 Å². The SMILES string of the molecule is C=NC(=O)OC(=O)CCCCC. The van der Waals surface area contributed by atoms with Crippen molar-refractivity contribution in [2.45, 2.75) is 32.6 Å². The lowest BCUT2D eigenvalue weighted by Gasteiger charge is -1.97. The molecule has 0 aromatic heterocycles. The van der Waals surface area contributed by atoms with E-state index in [0.29, 0.717) is 0 Å². The van der Waals surface area contributed by atoms with E-state index in [4.69, 9.17) is 0 Å². The van der Waals surface area contributed by atoms with Gasteiger partial charge in [-0.2, -0.15) is 4.99 Å². The highest BCUT2D eigenvalue weighted by Gasteiger charge is 2.06. The first-order valence-electron chi connectivity index (χ1n) is 3.92. The molecule has 12 heavy (non-hydrogen) atoms.